The molecule has 2 aromatic rings. The Morgan fingerprint density at radius 2 is 1.92 bits per heavy atom. The predicted octanol–water partition coefficient (Wildman–Crippen LogP) is 1.84. The topological polar surface area (TPSA) is 104 Å². The number of sulfonamides is 1. The van der Waals surface area contributed by atoms with Crippen LogP contribution in [0.5, 0.6) is 11.5 Å². The summed E-state index contributed by atoms with van der Waals surface area (Å²) in [6.45, 7) is 0. The van der Waals surface area contributed by atoms with Crippen molar-refractivity contribution in [1.29, 1.82) is 0 Å². The minimum Gasteiger partial charge on any atom is -0.508 e. The average Bonchev–Trinajstić information content (AvgIpc) is 2.96. The molecule has 1 saturated carbocycles. The number of phenols is 2. The Labute approximate surface area is 141 Å². The van der Waals surface area contributed by atoms with Crippen molar-refractivity contribution in [3.8, 4) is 11.5 Å². The molecule has 8 heteroatoms. The lowest BCUT2D eigenvalue weighted by molar-refractivity contribution is 0.362. The van der Waals surface area contributed by atoms with E-state index in [-0.39, 0.29) is 28.5 Å². The van der Waals surface area contributed by atoms with Crippen LogP contribution in [0.4, 0.5) is 0 Å². The molecule has 0 radical (unpaired) electrons. The molecule has 0 aliphatic heterocycles. The number of aromatic hydroxyl groups is 2. The van der Waals surface area contributed by atoms with Gasteiger partial charge in [-0.1, -0.05) is 6.07 Å². The summed E-state index contributed by atoms with van der Waals surface area (Å²) in [6.07, 6.45) is 5.86. The Hall–Kier alpha value is -2.06. The monoisotopic (exact) mass is 351 g/mol. The van der Waals surface area contributed by atoms with Crippen molar-refractivity contribution in [2.45, 2.75) is 42.7 Å². The van der Waals surface area contributed by atoms with Crippen molar-refractivity contribution in [3.05, 3.63) is 36.3 Å². The van der Waals surface area contributed by atoms with Gasteiger partial charge in [0.1, 0.15) is 11.5 Å². The number of aryl methyl sites for hydroxylation is 1. The average molecular weight is 351 g/mol. The Morgan fingerprint density at radius 3 is 2.50 bits per heavy atom. The quantitative estimate of drug-likeness (QED) is 0.779. The van der Waals surface area contributed by atoms with E-state index in [0.717, 1.165) is 18.4 Å². The zero-order chi connectivity index (χ0) is 17.3. The second-order valence-electron chi connectivity index (χ2n) is 6.29. The summed E-state index contributed by atoms with van der Waals surface area (Å²) in [5.41, 5.74) is 0.804. The number of phenolic OH excluding ortho intramolecular Hbond substituents is 2. The maximum Gasteiger partial charge on any atom is 0.259 e. The van der Waals surface area contributed by atoms with Gasteiger partial charge < -0.3 is 14.8 Å². The molecule has 0 unspecified atom stereocenters. The van der Waals surface area contributed by atoms with E-state index in [0.29, 0.717) is 12.8 Å². The van der Waals surface area contributed by atoms with E-state index in [2.05, 4.69) is 9.71 Å². The molecule has 0 atom stereocenters. The van der Waals surface area contributed by atoms with Crippen LogP contribution in [0, 0.1) is 0 Å². The van der Waals surface area contributed by atoms with Gasteiger partial charge in [-0.25, -0.2) is 18.1 Å². The van der Waals surface area contributed by atoms with Gasteiger partial charge in [0.2, 0.25) is 0 Å². The molecule has 0 bridgehead atoms. The molecule has 0 amide bonds. The van der Waals surface area contributed by atoms with Crippen LogP contribution in [-0.4, -0.2) is 34.2 Å². The first-order valence-corrected chi connectivity index (χ1v) is 9.35. The Morgan fingerprint density at radius 1 is 1.21 bits per heavy atom. The largest absolute Gasteiger partial charge is 0.508 e. The third-order valence-electron chi connectivity index (χ3n) is 4.46. The standard InChI is InChI=1S/C16H21N3O4S/c1-19-9-16(17-10-19)24(22,23)18-12-4-2-11(3-5-12)14-7-6-13(20)8-15(14)21/h6-12,18,20-21H,2-5H2,1H3. The lowest BCUT2D eigenvalue weighted by Crippen LogP contribution is -2.37. The lowest BCUT2D eigenvalue weighted by atomic mass is 9.81. The fourth-order valence-electron chi connectivity index (χ4n) is 3.21. The molecule has 130 valence electrons. The zero-order valence-corrected chi connectivity index (χ0v) is 14.2. The molecule has 1 aromatic carbocycles. The highest BCUT2D eigenvalue weighted by atomic mass is 32.2. The van der Waals surface area contributed by atoms with Crippen LogP contribution < -0.4 is 4.72 Å². The summed E-state index contributed by atoms with van der Waals surface area (Å²) in [5, 5.41) is 19.4. The number of nitrogens with one attached hydrogen (secondary N) is 1. The summed E-state index contributed by atoms with van der Waals surface area (Å²) in [6, 6.07) is 4.50. The smallest absolute Gasteiger partial charge is 0.259 e. The molecule has 1 aliphatic carbocycles. The SMILES string of the molecule is Cn1cnc(S(=O)(=O)NC2CCC(c3ccc(O)cc3O)CC2)c1. The van der Waals surface area contributed by atoms with E-state index in [9.17, 15) is 18.6 Å². The van der Waals surface area contributed by atoms with Gasteiger partial charge in [-0.15, -0.1) is 0 Å². The number of rotatable bonds is 4. The van der Waals surface area contributed by atoms with Crippen LogP contribution in [0.3, 0.4) is 0 Å². The van der Waals surface area contributed by atoms with Gasteiger partial charge in [-0.05, 0) is 43.2 Å². The molecule has 1 aromatic heterocycles. The summed E-state index contributed by atoms with van der Waals surface area (Å²) < 4.78 is 28.9. The van der Waals surface area contributed by atoms with E-state index in [1.807, 2.05) is 0 Å². The first kappa shape index (κ1) is 16.8. The number of hydrogen-bond donors (Lipinski definition) is 3. The highest BCUT2D eigenvalue weighted by Gasteiger charge is 2.28. The van der Waals surface area contributed by atoms with E-state index < -0.39 is 10.0 Å². The number of nitrogens with zero attached hydrogens (tertiary/aromatic N) is 2. The number of hydrogen-bond acceptors (Lipinski definition) is 5. The van der Waals surface area contributed by atoms with Crippen molar-refractivity contribution in [1.82, 2.24) is 14.3 Å². The van der Waals surface area contributed by atoms with Gasteiger partial charge in [-0.2, -0.15) is 0 Å². The van der Waals surface area contributed by atoms with Crippen LogP contribution in [0.2, 0.25) is 0 Å². The minimum absolute atomic E-state index is 0.0308. The first-order valence-electron chi connectivity index (χ1n) is 7.87. The normalized spacial score (nSPS) is 21.7. The van der Waals surface area contributed by atoms with E-state index in [1.165, 1.54) is 18.6 Å². The van der Waals surface area contributed by atoms with Gasteiger partial charge in [-0.3, -0.25) is 0 Å². The molecular weight excluding hydrogens is 330 g/mol. The second kappa shape index (κ2) is 6.45. The van der Waals surface area contributed by atoms with E-state index >= 15 is 0 Å². The molecule has 1 heterocycles. The summed E-state index contributed by atoms with van der Waals surface area (Å²) in [5.74, 6) is 0.293. The van der Waals surface area contributed by atoms with Crippen molar-refractivity contribution in [3.63, 3.8) is 0 Å². The van der Waals surface area contributed by atoms with Crippen LogP contribution >= 0.6 is 0 Å². The van der Waals surface area contributed by atoms with Crippen LogP contribution in [0.1, 0.15) is 37.2 Å². The summed E-state index contributed by atoms with van der Waals surface area (Å²) in [4.78, 5) is 3.89. The molecule has 0 spiro atoms. The fraction of sp³-hybridized carbons (Fsp3) is 0.438. The molecule has 1 fully saturated rings. The molecule has 0 saturated heterocycles. The van der Waals surface area contributed by atoms with Crippen molar-refractivity contribution in [2.24, 2.45) is 7.05 Å². The number of aromatic nitrogens is 2. The van der Waals surface area contributed by atoms with Crippen molar-refractivity contribution < 1.29 is 18.6 Å². The third-order valence-corrected chi connectivity index (χ3v) is 5.86. The Balaban J connectivity index is 1.63. The Bertz CT molecular complexity index is 824. The maximum atomic E-state index is 12.3. The minimum atomic E-state index is -3.60. The van der Waals surface area contributed by atoms with Crippen LogP contribution in [-0.2, 0) is 17.1 Å². The molecule has 24 heavy (non-hydrogen) atoms. The Kier molecular flexibility index (Phi) is 4.51. The lowest BCUT2D eigenvalue weighted by Gasteiger charge is -2.29. The number of imidazole rings is 1. The summed E-state index contributed by atoms with van der Waals surface area (Å²) in [7, 11) is -1.88. The van der Waals surface area contributed by atoms with Crippen LogP contribution in [0.25, 0.3) is 0 Å². The summed E-state index contributed by atoms with van der Waals surface area (Å²) >= 11 is 0. The molecule has 1 aliphatic rings. The van der Waals surface area contributed by atoms with Gasteiger partial charge in [0.05, 0.1) is 6.33 Å². The van der Waals surface area contributed by atoms with Crippen LogP contribution in [0.15, 0.2) is 35.7 Å². The second-order valence-corrected chi connectivity index (χ2v) is 7.95. The maximum absolute atomic E-state index is 12.3. The fourth-order valence-corrected chi connectivity index (χ4v) is 4.49. The van der Waals surface area contributed by atoms with Gasteiger partial charge in [0.25, 0.3) is 10.0 Å². The van der Waals surface area contributed by atoms with E-state index in [1.54, 1.807) is 23.7 Å². The highest BCUT2D eigenvalue weighted by molar-refractivity contribution is 7.89. The highest BCUT2D eigenvalue weighted by Crippen LogP contribution is 2.38. The molecule has 3 N–H and O–H groups in total. The zero-order valence-electron chi connectivity index (χ0n) is 13.4. The first-order chi connectivity index (χ1) is 11.3. The van der Waals surface area contributed by atoms with Crippen molar-refractivity contribution >= 4 is 10.0 Å². The number of benzene rings is 1. The third kappa shape index (κ3) is 3.54. The van der Waals surface area contributed by atoms with Gasteiger partial charge in [0, 0.05) is 25.4 Å². The molecule has 3 rings (SSSR count). The van der Waals surface area contributed by atoms with Gasteiger partial charge >= 0.3 is 0 Å². The van der Waals surface area contributed by atoms with Gasteiger partial charge in [0.15, 0.2) is 5.03 Å². The van der Waals surface area contributed by atoms with Crippen molar-refractivity contribution in [2.75, 3.05) is 0 Å². The predicted molar refractivity (Wildman–Crippen MR) is 88.3 cm³/mol. The molecular formula is C16H21N3O4S. The van der Waals surface area contributed by atoms with E-state index in [4.69, 9.17) is 0 Å². The molecule has 7 nitrogen and oxygen atoms in total.